The van der Waals surface area contributed by atoms with E-state index in [9.17, 15) is 9.59 Å². The number of benzene rings is 1. The molecule has 0 bridgehead atoms. The number of thiophene rings is 1. The van der Waals surface area contributed by atoms with Crippen molar-refractivity contribution < 1.29 is 14.3 Å². The Hall–Kier alpha value is -1.97. The van der Waals surface area contributed by atoms with Crippen molar-refractivity contribution in [1.82, 2.24) is 10.2 Å². The number of ether oxygens (including phenoxy) is 1. The molecule has 0 atom stereocenters. The van der Waals surface area contributed by atoms with E-state index in [0.29, 0.717) is 21.0 Å². The van der Waals surface area contributed by atoms with E-state index in [4.69, 9.17) is 4.74 Å². The summed E-state index contributed by atoms with van der Waals surface area (Å²) in [4.78, 5) is 24.5. The number of aromatic nitrogens is 2. The third-order valence-corrected chi connectivity index (χ3v) is 6.51. The van der Waals surface area contributed by atoms with Gasteiger partial charge in [0.2, 0.25) is 5.13 Å². The van der Waals surface area contributed by atoms with Crippen molar-refractivity contribution in [3.05, 3.63) is 34.7 Å². The molecule has 0 radical (unpaired) electrons. The Morgan fingerprint density at radius 3 is 2.80 bits per heavy atom. The van der Waals surface area contributed by atoms with E-state index in [1.807, 2.05) is 31.2 Å². The third-order valence-electron chi connectivity index (χ3n) is 3.30. The molecule has 3 rings (SSSR count). The number of amides is 1. The molecule has 0 saturated heterocycles. The van der Waals surface area contributed by atoms with Gasteiger partial charge in [0.15, 0.2) is 4.34 Å². The van der Waals surface area contributed by atoms with Crippen molar-refractivity contribution >= 4 is 61.5 Å². The summed E-state index contributed by atoms with van der Waals surface area (Å²) in [5.41, 5.74) is 0.958. The molecule has 0 saturated carbocycles. The van der Waals surface area contributed by atoms with Crippen molar-refractivity contribution in [1.29, 1.82) is 0 Å². The fraction of sp³-hybridized carbons (Fsp3) is 0.250. The highest BCUT2D eigenvalue weighted by Gasteiger charge is 2.17. The van der Waals surface area contributed by atoms with Crippen LogP contribution in [0.2, 0.25) is 0 Å². The molecule has 1 aromatic carbocycles. The molecule has 0 aliphatic carbocycles. The van der Waals surface area contributed by atoms with Crippen LogP contribution < -0.4 is 5.32 Å². The number of carbonyl (C=O) groups excluding carboxylic acids is 2. The normalized spacial score (nSPS) is 10.8. The van der Waals surface area contributed by atoms with E-state index in [1.165, 1.54) is 34.4 Å². The van der Waals surface area contributed by atoms with Crippen LogP contribution in [0.1, 0.15) is 22.2 Å². The van der Waals surface area contributed by atoms with Gasteiger partial charge in [-0.2, -0.15) is 0 Å². The first-order valence-corrected chi connectivity index (χ1v) is 10.1. The standard InChI is InChI=1S/C16H15N3O3S3/c1-3-22-12(20)8-23-16-19-18-15(25-16)17-14(21)13-9(2)10-6-4-5-7-11(10)24-13/h4-7H,3,8H2,1-2H3,(H,17,18,21). The van der Waals surface area contributed by atoms with Crippen molar-refractivity contribution in [3.63, 3.8) is 0 Å². The summed E-state index contributed by atoms with van der Waals surface area (Å²) in [6, 6.07) is 7.92. The number of esters is 1. The van der Waals surface area contributed by atoms with E-state index in [1.54, 1.807) is 6.92 Å². The molecule has 0 unspecified atom stereocenters. The summed E-state index contributed by atoms with van der Waals surface area (Å²) in [6.45, 7) is 4.05. The van der Waals surface area contributed by atoms with Gasteiger partial charge in [0.1, 0.15) is 0 Å². The van der Waals surface area contributed by atoms with Crippen LogP contribution >= 0.6 is 34.4 Å². The van der Waals surface area contributed by atoms with Gasteiger partial charge in [-0.15, -0.1) is 21.5 Å². The summed E-state index contributed by atoms with van der Waals surface area (Å²) in [5.74, 6) is -0.322. The lowest BCUT2D eigenvalue weighted by Crippen LogP contribution is -2.11. The maximum Gasteiger partial charge on any atom is 0.316 e. The SMILES string of the molecule is CCOC(=O)CSc1nnc(NC(=O)c2sc3ccccc3c2C)s1. The molecule has 9 heteroatoms. The van der Waals surface area contributed by atoms with Gasteiger partial charge in [-0.3, -0.25) is 14.9 Å². The van der Waals surface area contributed by atoms with Gasteiger partial charge >= 0.3 is 5.97 Å². The zero-order valence-corrected chi connectivity index (χ0v) is 16.0. The monoisotopic (exact) mass is 393 g/mol. The molecule has 0 spiro atoms. The number of anilines is 1. The van der Waals surface area contributed by atoms with Crippen molar-refractivity contribution in [2.24, 2.45) is 0 Å². The Kier molecular flexibility index (Phi) is 5.67. The second-order valence-corrected chi connectivity index (χ2v) is 8.23. The highest BCUT2D eigenvalue weighted by atomic mass is 32.2. The first-order valence-electron chi connectivity index (χ1n) is 7.50. The Morgan fingerprint density at radius 2 is 2.04 bits per heavy atom. The molecule has 6 nitrogen and oxygen atoms in total. The molecule has 0 aliphatic rings. The second-order valence-electron chi connectivity index (χ2n) is 4.97. The number of nitrogens with one attached hydrogen (secondary N) is 1. The fourth-order valence-electron chi connectivity index (χ4n) is 2.19. The minimum absolute atomic E-state index is 0.172. The maximum atomic E-state index is 12.5. The molecule has 0 fully saturated rings. The van der Waals surface area contributed by atoms with Crippen LogP contribution in [0.25, 0.3) is 10.1 Å². The zero-order valence-electron chi connectivity index (χ0n) is 13.6. The first-order chi connectivity index (χ1) is 12.1. The number of rotatable bonds is 6. The van der Waals surface area contributed by atoms with Crippen molar-refractivity contribution in [2.45, 2.75) is 18.2 Å². The molecule has 25 heavy (non-hydrogen) atoms. The molecule has 2 heterocycles. The summed E-state index contributed by atoms with van der Waals surface area (Å²) in [6.07, 6.45) is 0. The Labute approximate surface area is 156 Å². The van der Waals surface area contributed by atoms with Crippen LogP contribution in [0.4, 0.5) is 5.13 Å². The molecule has 130 valence electrons. The number of nitrogens with zero attached hydrogens (tertiary/aromatic N) is 2. The van der Waals surface area contributed by atoms with E-state index in [-0.39, 0.29) is 17.6 Å². The average Bonchev–Trinajstić information content (AvgIpc) is 3.18. The number of fused-ring (bicyclic) bond motifs is 1. The minimum atomic E-state index is -0.297. The number of carbonyl (C=O) groups is 2. The zero-order chi connectivity index (χ0) is 17.8. The van der Waals surface area contributed by atoms with Gasteiger partial charge in [0.05, 0.1) is 17.2 Å². The van der Waals surface area contributed by atoms with E-state index >= 15 is 0 Å². The minimum Gasteiger partial charge on any atom is -0.465 e. The maximum absolute atomic E-state index is 12.5. The molecular weight excluding hydrogens is 378 g/mol. The van der Waals surface area contributed by atoms with Crippen LogP contribution in [0.15, 0.2) is 28.6 Å². The third kappa shape index (κ3) is 4.17. The van der Waals surface area contributed by atoms with Gasteiger partial charge in [0.25, 0.3) is 5.91 Å². The highest BCUT2D eigenvalue weighted by Crippen LogP contribution is 2.32. The predicted octanol–water partition coefficient (Wildman–Crippen LogP) is 3.97. The predicted molar refractivity (Wildman–Crippen MR) is 102 cm³/mol. The lowest BCUT2D eigenvalue weighted by Gasteiger charge is -1.99. The fourth-order valence-corrected chi connectivity index (χ4v) is 4.84. The molecular formula is C16H15N3O3S3. The highest BCUT2D eigenvalue weighted by molar-refractivity contribution is 8.01. The lowest BCUT2D eigenvalue weighted by atomic mass is 10.1. The topological polar surface area (TPSA) is 81.2 Å². The molecule has 3 aromatic rings. The number of aryl methyl sites for hydroxylation is 1. The largest absolute Gasteiger partial charge is 0.465 e. The van der Waals surface area contributed by atoms with Crippen LogP contribution in [0.5, 0.6) is 0 Å². The number of hydrogen-bond acceptors (Lipinski definition) is 8. The summed E-state index contributed by atoms with van der Waals surface area (Å²) in [5, 5.41) is 12.2. The molecule has 1 N–H and O–H groups in total. The Balaban J connectivity index is 1.67. The number of thioether (sulfide) groups is 1. The summed E-state index contributed by atoms with van der Waals surface area (Å²) in [7, 11) is 0. The quantitative estimate of drug-likeness (QED) is 0.388. The Morgan fingerprint density at radius 1 is 1.24 bits per heavy atom. The van der Waals surface area contributed by atoms with Crippen molar-refractivity contribution in [2.75, 3.05) is 17.7 Å². The molecule has 0 aliphatic heterocycles. The lowest BCUT2D eigenvalue weighted by molar-refractivity contribution is -0.139. The molecule has 2 aromatic heterocycles. The smallest absolute Gasteiger partial charge is 0.316 e. The molecule has 1 amide bonds. The van der Waals surface area contributed by atoms with Crippen molar-refractivity contribution in [3.8, 4) is 0 Å². The van der Waals surface area contributed by atoms with E-state index < -0.39 is 0 Å². The second kappa shape index (κ2) is 7.94. The number of hydrogen-bond donors (Lipinski definition) is 1. The van der Waals surface area contributed by atoms with Crippen LogP contribution in [-0.2, 0) is 9.53 Å². The first kappa shape index (κ1) is 17.8. The summed E-state index contributed by atoms with van der Waals surface area (Å²) < 4.78 is 6.55. The van der Waals surface area contributed by atoms with Crippen LogP contribution in [-0.4, -0.2) is 34.4 Å². The van der Waals surface area contributed by atoms with Gasteiger partial charge in [-0.1, -0.05) is 41.3 Å². The van der Waals surface area contributed by atoms with Crippen LogP contribution in [0, 0.1) is 6.92 Å². The van der Waals surface area contributed by atoms with Gasteiger partial charge < -0.3 is 4.74 Å². The average molecular weight is 394 g/mol. The van der Waals surface area contributed by atoms with E-state index in [0.717, 1.165) is 15.6 Å². The Bertz CT molecular complexity index is 920. The van der Waals surface area contributed by atoms with Crippen LogP contribution in [0.3, 0.4) is 0 Å². The summed E-state index contributed by atoms with van der Waals surface area (Å²) >= 11 is 3.93. The van der Waals surface area contributed by atoms with Gasteiger partial charge in [-0.25, -0.2) is 0 Å². The van der Waals surface area contributed by atoms with Gasteiger partial charge in [-0.05, 0) is 30.9 Å². The van der Waals surface area contributed by atoms with E-state index in [2.05, 4.69) is 15.5 Å². The van der Waals surface area contributed by atoms with Gasteiger partial charge in [0, 0.05) is 4.70 Å².